The van der Waals surface area contributed by atoms with Crippen LogP contribution in [0.1, 0.15) is 36.8 Å². The minimum absolute atomic E-state index is 0.00651. The van der Waals surface area contributed by atoms with E-state index in [1.165, 1.54) is 12.1 Å². The van der Waals surface area contributed by atoms with Crippen LogP contribution in [0.25, 0.3) is 0 Å². The van der Waals surface area contributed by atoms with Crippen LogP contribution in [0.5, 0.6) is 5.75 Å². The molecule has 0 aliphatic carbocycles. The van der Waals surface area contributed by atoms with Crippen molar-refractivity contribution in [3.05, 3.63) is 65.5 Å². The number of hydrogen-bond acceptors (Lipinski definition) is 3. The number of halogens is 1. The van der Waals surface area contributed by atoms with Gasteiger partial charge in [-0.3, -0.25) is 9.59 Å². The van der Waals surface area contributed by atoms with E-state index in [1.54, 1.807) is 19.2 Å². The molecule has 0 unspecified atom stereocenters. The zero-order valence-corrected chi connectivity index (χ0v) is 16.7. The molecule has 0 spiro atoms. The molecule has 29 heavy (non-hydrogen) atoms. The Kier molecular flexibility index (Phi) is 6.86. The Morgan fingerprint density at radius 1 is 1.14 bits per heavy atom. The fraction of sp³-hybridized carbons (Fsp3) is 0.391. The first-order valence-corrected chi connectivity index (χ1v) is 9.93. The number of amides is 2. The molecule has 3 rings (SSSR count). The molecule has 1 fully saturated rings. The molecule has 2 amide bonds. The first kappa shape index (κ1) is 20.8. The summed E-state index contributed by atoms with van der Waals surface area (Å²) in [6.07, 6.45) is 3.38. The van der Waals surface area contributed by atoms with Crippen LogP contribution >= 0.6 is 0 Å². The summed E-state index contributed by atoms with van der Waals surface area (Å²) in [7, 11) is 1.63. The van der Waals surface area contributed by atoms with Crippen LogP contribution < -0.4 is 15.4 Å². The van der Waals surface area contributed by atoms with Crippen molar-refractivity contribution in [2.75, 3.05) is 13.7 Å². The highest BCUT2D eigenvalue weighted by molar-refractivity contribution is 5.80. The summed E-state index contributed by atoms with van der Waals surface area (Å²) < 4.78 is 18.3. The van der Waals surface area contributed by atoms with Crippen molar-refractivity contribution < 1.29 is 18.7 Å². The molecule has 1 aliphatic rings. The lowest BCUT2D eigenvalue weighted by molar-refractivity contribution is -0.122. The van der Waals surface area contributed by atoms with Crippen molar-refractivity contribution >= 4 is 11.8 Å². The summed E-state index contributed by atoms with van der Waals surface area (Å²) in [6.45, 7) is 0.558. The molecule has 2 aromatic carbocycles. The van der Waals surface area contributed by atoms with Crippen molar-refractivity contribution in [1.29, 1.82) is 0 Å². The molecule has 6 heteroatoms. The zero-order valence-electron chi connectivity index (χ0n) is 16.7. The van der Waals surface area contributed by atoms with Crippen molar-refractivity contribution in [3.63, 3.8) is 0 Å². The summed E-state index contributed by atoms with van der Waals surface area (Å²) in [6, 6.07) is 14.1. The van der Waals surface area contributed by atoms with Crippen molar-refractivity contribution in [1.82, 2.24) is 10.6 Å². The predicted octanol–water partition coefficient (Wildman–Crippen LogP) is 3.16. The van der Waals surface area contributed by atoms with Crippen LogP contribution in [-0.2, 0) is 22.4 Å². The van der Waals surface area contributed by atoms with Gasteiger partial charge in [-0.2, -0.15) is 0 Å². The quantitative estimate of drug-likeness (QED) is 0.682. The number of methoxy groups -OCH3 is 1. The van der Waals surface area contributed by atoms with Gasteiger partial charge in [-0.15, -0.1) is 0 Å². The average Bonchev–Trinajstić information content (AvgIpc) is 3.09. The number of carbonyl (C=O) groups is 2. The van der Waals surface area contributed by atoms with E-state index < -0.39 is 5.54 Å². The van der Waals surface area contributed by atoms with Gasteiger partial charge >= 0.3 is 0 Å². The normalized spacial score (nSPS) is 18.3. The predicted molar refractivity (Wildman–Crippen MR) is 109 cm³/mol. The molecular formula is C23H27FN2O3. The summed E-state index contributed by atoms with van der Waals surface area (Å²) in [5, 5.41) is 6.01. The Labute approximate surface area is 170 Å². The highest BCUT2D eigenvalue weighted by Gasteiger charge is 2.37. The Morgan fingerprint density at radius 3 is 2.45 bits per heavy atom. The van der Waals surface area contributed by atoms with E-state index in [2.05, 4.69) is 10.6 Å². The van der Waals surface area contributed by atoms with Gasteiger partial charge < -0.3 is 15.4 Å². The van der Waals surface area contributed by atoms with Gasteiger partial charge in [-0.25, -0.2) is 4.39 Å². The van der Waals surface area contributed by atoms with E-state index in [4.69, 9.17) is 4.74 Å². The zero-order chi connectivity index (χ0) is 20.7. The summed E-state index contributed by atoms with van der Waals surface area (Å²) in [5.41, 5.74) is 1.64. The second kappa shape index (κ2) is 9.54. The van der Waals surface area contributed by atoms with E-state index in [-0.39, 0.29) is 17.6 Å². The van der Waals surface area contributed by atoms with Crippen LogP contribution in [0.2, 0.25) is 0 Å². The lowest BCUT2D eigenvalue weighted by Crippen LogP contribution is -2.44. The summed E-state index contributed by atoms with van der Waals surface area (Å²) in [5.74, 6) is 0.502. The molecule has 2 N–H and O–H groups in total. The first-order valence-electron chi connectivity index (χ1n) is 9.93. The molecule has 1 atom stereocenters. The number of carbonyl (C=O) groups excluding carboxylic acids is 2. The third kappa shape index (κ3) is 6.04. The van der Waals surface area contributed by atoms with Gasteiger partial charge in [0.25, 0.3) is 0 Å². The largest absolute Gasteiger partial charge is 0.497 e. The Bertz CT molecular complexity index is 836. The second-order valence-electron chi connectivity index (χ2n) is 7.58. The molecule has 0 saturated carbocycles. The Morgan fingerprint density at radius 2 is 1.83 bits per heavy atom. The van der Waals surface area contributed by atoms with Gasteiger partial charge in [0.1, 0.15) is 11.6 Å². The first-order chi connectivity index (χ1) is 14.0. The lowest BCUT2D eigenvalue weighted by Gasteiger charge is -2.29. The average molecular weight is 398 g/mol. The lowest BCUT2D eigenvalue weighted by atomic mass is 9.85. The maximum absolute atomic E-state index is 13.2. The smallest absolute Gasteiger partial charge is 0.220 e. The third-order valence-corrected chi connectivity index (χ3v) is 5.42. The minimum atomic E-state index is -0.442. The van der Waals surface area contributed by atoms with E-state index in [1.807, 2.05) is 24.3 Å². The fourth-order valence-corrected chi connectivity index (χ4v) is 3.75. The van der Waals surface area contributed by atoms with Gasteiger partial charge in [0.15, 0.2) is 0 Å². The summed E-state index contributed by atoms with van der Waals surface area (Å²) in [4.78, 5) is 24.2. The molecular weight excluding hydrogens is 371 g/mol. The molecule has 0 radical (unpaired) electrons. The van der Waals surface area contributed by atoms with E-state index in [0.717, 1.165) is 23.3 Å². The molecule has 0 bridgehead atoms. The van der Waals surface area contributed by atoms with Crippen LogP contribution in [0, 0.1) is 5.82 Å². The maximum Gasteiger partial charge on any atom is 0.220 e. The molecule has 154 valence electrons. The van der Waals surface area contributed by atoms with E-state index in [9.17, 15) is 14.0 Å². The van der Waals surface area contributed by atoms with Gasteiger partial charge in [0.05, 0.1) is 7.11 Å². The molecule has 1 heterocycles. The Balaban J connectivity index is 1.49. The summed E-state index contributed by atoms with van der Waals surface area (Å²) >= 11 is 0. The fourth-order valence-electron chi connectivity index (χ4n) is 3.75. The van der Waals surface area contributed by atoms with Crippen LogP contribution in [0.4, 0.5) is 4.39 Å². The molecule has 1 aliphatic heterocycles. The van der Waals surface area contributed by atoms with Gasteiger partial charge in [-0.05, 0) is 61.1 Å². The van der Waals surface area contributed by atoms with Crippen LogP contribution in [-0.4, -0.2) is 31.0 Å². The van der Waals surface area contributed by atoms with Crippen molar-refractivity contribution in [2.24, 2.45) is 0 Å². The maximum atomic E-state index is 13.2. The van der Waals surface area contributed by atoms with Crippen LogP contribution in [0.3, 0.4) is 0 Å². The molecule has 1 saturated heterocycles. The number of ether oxygens (including phenoxy) is 1. The number of benzene rings is 2. The molecule has 0 aromatic heterocycles. The number of hydrogen-bond donors (Lipinski definition) is 2. The topological polar surface area (TPSA) is 67.4 Å². The second-order valence-corrected chi connectivity index (χ2v) is 7.58. The van der Waals surface area contributed by atoms with Gasteiger partial charge in [-0.1, -0.05) is 24.3 Å². The Hall–Kier alpha value is -2.89. The number of rotatable bonds is 9. The third-order valence-electron chi connectivity index (χ3n) is 5.42. The van der Waals surface area contributed by atoms with Gasteiger partial charge in [0.2, 0.25) is 11.8 Å². The van der Waals surface area contributed by atoms with Crippen molar-refractivity contribution in [2.45, 2.75) is 44.1 Å². The van der Waals surface area contributed by atoms with Crippen molar-refractivity contribution in [3.8, 4) is 5.75 Å². The highest BCUT2D eigenvalue weighted by Crippen LogP contribution is 2.29. The van der Waals surface area contributed by atoms with E-state index in [0.29, 0.717) is 38.6 Å². The van der Waals surface area contributed by atoms with Crippen LogP contribution in [0.15, 0.2) is 48.5 Å². The highest BCUT2D eigenvalue weighted by atomic mass is 19.1. The van der Waals surface area contributed by atoms with E-state index >= 15 is 0 Å². The monoisotopic (exact) mass is 398 g/mol. The van der Waals surface area contributed by atoms with Gasteiger partial charge in [0, 0.05) is 24.9 Å². The molecule has 5 nitrogen and oxygen atoms in total. The minimum Gasteiger partial charge on any atom is -0.497 e. The number of nitrogens with one attached hydrogen (secondary N) is 2. The standard InChI is InChI=1S/C23H27FN2O3/c1-29-20-8-4-17(5-9-20)12-15-25-21(27)10-13-23(14-11-22(28)26-23)16-18-2-6-19(24)7-3-18/h2-9H,10-16H2,1H3,(H,25,27)(H,26,28)/t23-/m1/s1. The molecule has 2 aromatic rings. The SMILES string of the molecule is COc1ccc(CCNC(=O)CC[C@]2(Cc3ccc(F)cc3)CCC(=O)N2)cc1.